The number of nitrogens with zero attached hydrogens (tertiary/aromatic N) is 1. The number of hydrogen-bond donors (Lipinski definition) is 1. The Kier molecular flexibility index (Phi) is 7.88. The molecule has 0 radical (unpaired) electrons. The van der Waals surface area contributed by atoms with Crippen molar-refractivity contribution in [3.63, 3.8) is 0 Å². The molecule has 0 spiro atoms. The van der Waals surface area contributed by atoms with E-state index < -0.39 is 0 Å². The molecule has 0 atom stereocenters. The molecule has 3 aromatic carbocycles. The van der Waals surface area contributed by atoms with E-state index in [-0.39, 0.29) is 6.03 Å². The van der Waals surface area contributed by atoms with Gasteiger partial charge in [-0.25, -0.2) is 4.79 Å². The van der Waals surface area contributed by atoms with E-state index in [9.17, 15) is 4.79 Å². The fourth-order valence-electron chi connectivity index (χ4n) is 3.44. The lowest BCUT2D eigenvalue weighted by Gasteiger charge is -2.23. The van der Waals surface area contributed by atoms with E-state index in [4.69, 9.17) is 13.9 Å². The van der Waals surface area contributed by atoms with E-state index in [1.165, 1.54) is 0 Å². The van der Waals surface area contributed by atoms with Crippen LogP contribution in [0.15, 0.2) is 100 Å². The van der Waals surface area contributed by atoms with Gasteiger partial charge in [0, 0.05) is 16.7 Å². The summed E-state index contributed by atoms with van der Waals surface area (Å²) in [5.41, 5.74) is 2.67. The summed E-state index contributed by atoms with van der Waals surface area (Å²) in [7, 11) is 1.61. The zero-order chi connectivity index (χ0) is 23.8. The minimum absolute atomic E-state index is 0.238. The molecule has 1 aromatic heterocycles. The number of rotatable bonds is 9. The smallest absolute Gasteiger partial charge is 0.322 e. The van der Waals surface area contributed by atoms with Gasteiger partial charge in [-0.3, -0.25) is 0 Å². The van der Waals surface area contributed by atoms with Gasteiger partial charge in [-0.2, -0.15) is 0 Å². The first-order chi connectivity index (χ1) is 16.6. The number of carbonyl (C=O) groups excluding carboxylic acids is 1. The first-order valence-corrected chi connectivity index (χ1v) is 11.6. The van der Waals surface area contributed by atoms with Crippen LogP contribution in [0.2, 0.25) is 0 Å². The molecule has 4 aromatic rings. The van der Waals surface area contributed by atoms with Crippen molar-refractivity contribution in [3.8, 4) is 11.5 Å². The number of amides is 2. The summed E-state index contributed by atoms with van der Waals surface area (Å²) in [5, 5.41) is 2.95. The predicted molar refractivity (Wildman–Crippen MR) is 135 cm³/mol. The first kappa shape index (κ1) is 23.4. The van der Waals surface area contributed by atoms with Crippen molar-refractivity contribution in [3.05, 3.63) is 113 Å². The number of furan rings is 1. The number of hydrogen-bond acceptors (Lipinski definition) is 4. The number of halogens is 1. The van der Waals surface area contributed by atoms with Gasteiger partial charge in [0.2, 0.25) is 0 Å². The van der Waals surface area contributed by atoms with Crippen molar-refractivity contribution in [2.75, 3.05) is 12.4 Å². The highest BCUT2D eigenvalue weighted by molar-refractivity contribution is 9.10. The third kappa shape index (κ3) is 6.42. The number of anilines is 1. The van der Waals surface area contributed by atoms with Crippen molar-refractivity contribution >= 4 is 27.6 Å². The van der Waals surface area contributed by atoms with Gasteiger partial charge in [0.15, 0.2) is 11.5 Å². The topological polar surface area (TPSA) is 63.9 Å². The van der Waals surface area contributed by atoms with Crippen LogP contribution in [-0.2, 0) is 19.7 Å². The molecule has 2 amide bonds. The summed E-state index contributed by atoms with van der Waals surface area (Å²) in [4.78, 5) is 14.8. The molecule has 0 aliphatic rings. The minimum Gasteiger partial charge on any atom is -0.493 e. The van der Waals surface area contributed by atoms with Gasteiger partial charge < -0.3 is 24.1 Å². The molecule has 34 heavy (non-hydrogen) atoms. The summed E-state index contributed by atoms with van der Waals surface area (Å²) in [5.74, 6) is 1.95. The molecule has 0 unspecified atom stereocenters. The lowest BCUT2D eigenvalue weighted by molar-refractivity contribution is 0.201. The Morgan fingerprint density at radius 3 is 2.50 bits per heavy atom. The fourth-order valence-corrected chi connectivity index (χ4v) is 3.84. The second-order valence-corrected chi connectivity index (χ2v) is 8.55. The van der Waals surface area contributed by atoms with Crippen LogP contribution < -0.4 is 14.8 Å². The maximum absolute atomic E-state index is 13.1. The SMILES string of the molecule is COc1cc(CN(Cc2ccco2)C(=O)Nc2cccc(Br)c2)ccc1OCc1ccccc1. The molecular formula is C27H25BrN2O4. The Morgan fingerprint density at radius 2 is 1.76 bits per heavy atom. The summed E-state index contributed by atoms with van der Waals surface area (Å²) < 4.78 is 17.9. The summed E-state index contributed by atoms with van der Waals surface area (Å²) in [6.07, 6.45) is 1.60. The van der Waals surface area contributed by atoms with E-state index >= 15 is 0 Å². The Balaban J connectivity index is 1.49. The van der Waals surface area contributed by atoms with Gasteiger partial charge in [-0.1, -0.05) is 58.4 Å². The molecule has 0 bridgehead atoms. The summed E-state index contributed by atoms with van der Waals surface area (Å²) >= 11 is 3.44. The number of methoxy groups -OCH3 is 1. The second kappa shape index (κ2) is 11.4. The third-order valence-electron chi connectivity index (χ3n) is 5.13. The van der Waals surface area contributed by atoms with Gasteiger partial charge in [0.25, 0.3) is 0 Å². The highest BCUT2D eigenvalue weighted by Crippen LogP contribution is 2.30. The monoisotopic (exact) mass is 520 g/mol. The highest BCUT2D eigenvalue weighted by atomic mass is 79.9. The third-order valence-corrected chi connectivity index (χ3v) is 5.62. The van der Waals surface area contributed by atoms with Gasteiger partial charge in [0.1, 0.15) is 12.4 Å². The van der Waals surface area contributed by atoms with Crippen LogP contribution in [0, 0.1) is 0 Å². The van der Waals surface area contributed by atoms with Crippen LogP contribution in [0.3, 0.4) is 0 Å². The van der Waals surface area contributed by atoms with Crippen molar-refractivity contribution in [2.24, 2.45) is 0 Å². The van der Waals surface area contributed by atoms with Gasteiger partial charge in [-0.05, 0) is 53.6 Å². The predicted octanol–water partition coefficient (Wildman–Crippen LogP) is 6.86. The molecule has 7 heteroatoms. The van der Waals surface area contributed by atoms with Crippen molar-refractivity contribution in [1.29, 1.82) is 0 Å². The molecule has 1 heterocycles. The normalized spacial score (nSPS) is 10.5. The van der Waals surface area contributed by atoms with Crippen LogP contribution >= 0.6 is 15.9 Å². The van der Waals surface area contributed by atoms with Crippen molar-refractivity contribution in [1.82, 2.24) is 4.90 Å². The Labute approximate surface area is 207 Å². The maximum Gasteiger partial charge on any atom is 0.322 e. The lowest BCUT2D eigenvalue weighted by atomic mass is 10.2. The molecule has 0 saturated heterocycles. The number of nitrogens with one attached hydrogen (secondary N) is 1. The fraction of sp³-hybridized carbons (Fsp3) is 0.148. The molecule has 4 rings (SSSR count). The summed E-state index contributed by atoms with van der Waals surface area (Å²) in [6, 6.07) is 26.5. The average molecular weight is 521 g/mol. The minimum atomic E-state index is -0.238. The maximum atomic E-state index is 13.1. The second-order valence-electron chi connectivity index (χ2n) is 7.64. The molecule has 0 saturated carbocycles. The molecule has 174 valence electrons. The van der Waals surface area contributed by atoms with Crippen LogP contribution in [0.5, 0.6) is 11.5 Å². The van der Waals surface area contributed by atoms with Gasteiger partial charge in [0.05, 0.1) is 19.9 Å². The largest absolute Gasteiger partial charge is 0.493 e. The van der Waals surface area contributed by atoms with E-state index in [0.717, 1.165) is 15.6 Å². The van der Waals surface area contributed by atoms with Crippen LogP contribution in [0.25, 0.3) is 0 Å². The Morgan fingerprint density at radius 1 is 0.912 bits per heavy atom. The zero-order valence-corrected chi connectivity index (χ0v) is 20.3. The molecule has 1 N–H and O–H groups in total. The van der Waals surface area contributed by atoms with Crippen LogP contribution in [0.1, 0.15) is 16.9 Å². The standard InChI is InChI=1S/C27H25BrN2O4/c1-32-26-15-21(12-13-25(26)34-19-20-7-3-2-4-8-20)17-30(18-24-11-6-14-33-24)27(31)29-23-10-5-9-22(28)16-23/h2-16H,17-19H2,1H3,(H,29,31). The lowest BCUT2D eigenvalue weighted by Crippen LogP contribution is -2.34. The highest BCUT2D eigenvalue weighted by Gasteiger charge is 2.18. The molecule has 6 nitrogen and oxygen atoms in total. The van der Waals surface area contributed by atoms with Crippen LogP contribution in [0.4, 0.5) is 10.5 Å². The molecule has 0 aliphatic heterocycles. The first-order valence-electron chi connectivity index (χ1n) is 10.8. The van der Waals surface area contributed by atoms with Gasteiger partial charge >= 0.3 is 6.03 Å². The number of ether oxygens (including phenoxy) is 2. The van der Waals surface area contributed by atoms with Gasteiger partial charge in [-0.15, -0.1) is 0 Å². The molecule has 0 aliphatic carbocycles. The Hall–Kier alpha value is -3.71. The van der Waals surface area contributed by atoms with E-state index in [1.807, 2.05) is 84.9 Å². The average Bonchev–Trinajstić information content (AvgIpc) is 3.36. The summed E-state index contributed by atoms with van der Waals surface area (Å²) in [6.45, 7) is 1.12. The number of urea groups is 1. The van der Waals surface area contributed by atoms with Crippen molar-refractivity contribution < 1.29 is 18.7 Å². The zero-order valence-electron chi connectivity index (χ0n) is 18.7. The molecular weight excluding hydrogens is 496 g/mol. The number of benzene rings is 3. The van der Waals surface area contributed by atoms with E-state index in [1.54, 1.807) is 18.3 Å². The van der Waals surface area contributed by atoms with E-state index in [2.05, 4.69) is 21.2 Å². The molecule has 0 fully saturated rings. The van der Waals surface area contributed by atoms with Crippen molar-refractivity contribution in [2.45, 2.75) is 19.7 Å². The van der Waals surface area contributed by atoms with E-state index in [0.29, 0.717) is 42.6 Å². The Bertz CT molecular complexity index is 1210. The quantitative estimate of drug-likeness (QED) is 0.261. The number of carbonyl (C=O) groups is 1. The van der Waals surface area contributed by atoms with Crippen LogP contribution in [-0.4, -0.2) is 18.0 Å².